The highest BCUT2D eigenvalue weighted by molar-refractivity contribution is 9.10. The zero-order valence-electron chi connectivity index (χ0n) is 8.94. The Balaban J connectivity index is 2.49. The number of hydrogen-bond acceptors (Lipinski definition) is 2. The summed E-state index contributed by atoms with van der Waals surface area (Å²) < 4.78 is 12.6. The maximum atomic E-state index is 11.6. The van der Waals surface area contributed by atoms with Gasteiger partial charge in [0, 0.05) is 16.1 Å². The fraction of sp³-hybridized carbons (Fsp3) is 0.167. The molecule has 0 saturated carbocycles. The molecule has 0 saturated heterocycles. The maximum Gasteiger partial charge on any atom is 0.0706 e. The van der Waals surface area contributed by atoms with Crippen molar-refractivity contribution >= 4 is 42.2 Å². The predicted octanol–water partition coefficient (Wildman–Crippen LogP) is 2.84. The van der Waals surface area contributed by atoms with Crippen molar-refractivity contribution in [2.24, 2.45) is 0 Å². The van der Waals surface area contributed by atoms with Gasteiger partial charge < -0.3 is 0 Å². The molecule has 0 aliphatic heterocycles. The number of benzene rings is 1. The Morgan fingerprint density at radius 2 is 2.12 bits per heavy atom. The van der Waals surface area contributed by atoms with Crippen molar-refractivity contribution in [1.82, 2.24) is 4.98 Å². The molecule has 1 heterocycles. The maximum absolute atomic E-state index is 11.6. The van der Waals surface area contributed by atoms with Gasteiger partial charge in [0.2, 0.25) is 0 Å². The lowest BCUT2D eigenvalue weighted by atomic mass is 10.2. The second-order valence-corrected chi connectivity index (χ2v) is 7.54. The van der Waals surface area contributed by atoms with E-state index in [1.165, 1.54) is 0 Å². The van der Waals surface area contributed by atoms with E-state index >= 15 is 0 Å². The Morgan fingerprint density at radius 1 is 1.38 bits per heavy atom. The minimum absolute atomic E-state index is 0.430. The van der Waals surface area contributed by atoms with Gasteiger partial charge in [0.15, 0.2) is 0 Å². The van der Waals surface area contributed by atoms with Gasteiger partial charge in [-0.1, -0.05) is 22.0 Å². The summed E-state index contributed by atoms with van der Waals surface area (Å²) in [6.45, 7) is 0. The van der Waals surface area contributed by atoms with Gasteiger partial charge >= 0.3 is 0 Å². The fourth-order valence-corrected chi connectivity index (χ4v) is 2.70. The minimum Gasteiger partial charge on any atom is -0.268 e. The number of pyridine rings is 1. The topological polar surface area (TPSA) is 30.0 Å². The van der Waals surface area contributed by atoms with Crippen molar-refractivity contribution < 1.29 is 4.21 Å². The normalized spacial score (nSPS) is 14.9. The van der Waals surface area contributed by atoms with Gasteiger partial charge in [0.1, 0.15) is 0 Å². The molecule has 0 spiro atoms. The Hall–Kier alpha value is -0.870. The number of rotatable bonds is 2. The second-order valence-electron chi connectivity index (χ2n) is 3.97. The van der Waals surface area contributed by atoms with Crippen LogP contribution in [0.15, 0.2) is 34.8 Å². The van der Waals surface area contributed by atoms with Crippen molar-refractivity contribution in [2.45, 2.75) is 5.75 Å². The lowest BCUT2D eigenvalue weighted by Crippen LogP contribution is -2.02. The zero-order chi connectivity index (χ0) is 11.8. The minimum atomic E-state index is -2.03. The molecule has 0 amide bonds. The summed E-state index contributed by atoms with van der Waals surface area (Å²) in [6.07, 6.45) is 1.65. The van der Waals surface area contributed by atoms with Gasteiger partial charge in [-0.2, -0.15) is 0 Å². The molecule has 4 heteroatoms. The molecule has 16 heavy (non-hydrogen) atoms. The van der Waals surface area contributed by atoms with Gasteiger partial charge in [-0.25, -0.2) is 0 Å². The van der Waals surface area contributed by atoms with Crippen LogP contribution in [0.25, 0.3) is 10.9 Å². The van der Waals surface area contributed by atoms with E-state index < -0.39 is 9.52 Å². The number of nitrogens with zero attached hydrogens (tertiary/aromatic N) is 1. The van der Waals surface area contributed by atoms with E-state index in [0.717, 1.165) is 21.1 Å². The van der Waals surface area contributed by atoms with Crippen LogP contribution < -0.4 is 0 Å². The summed E-state index contributed by atoms with van der Waals surface area (Å²) in [7, 11) is -2.03. The molecule has 1 unspecified atom stereocenters. The lowest BCUT2D eigenvalue weighted by molar-refractivity contribution is 0.684. The molecule has 1 aromatic carbocycles. The largest absolute Gasteiger partial charge is 0.268 e. The molecule has 0 bridgehead atoms. The van der Waals surface area contributed by atoms with Crippen LogP contribution in [0.5, 0.6) is 0 Å². The molecule has 84 valence electrons. The Kier molecular flexibility index (Phi) is 3.04. The van der Waals surface area contributed by atoms with Crippen molar-refractivity contribution in [3.8, 4) is 0 Å². The lowest BCUT2D eigenvalue weighted by Gasteiger charge is -2.04. The number of fused-ring (bicyclic) bond motifs is 1. The zero-order valence-corrected chi connectivity index (χ0v) is 11.3. The van der Waals surface area contributed by atoms with Crippen molar-refractivity contribution in [2.75, 3.05) is 6.26 Å². The van der Waals surface area contributed by atoms with Gasteiger partial charge in [0.05, 0.1) is 17.0 Å². The summed E-state index contributed by atoms with van der Waals surface area (Å²) in [5, 5.41) is 1.07. The summed E-state index contributed by atoms with van der Waals surface area (Å²) in [4.78, 5) is 4.46. The van der Waals surface area contributed by atoms with E-state index in [-0.39, 0.29) is 0 Å². The van der Waals surface area contributed by atoms with E-state index in [1.54, 1.807) is 6.26 Å². The van der Waals surface area contributed by atoms with Gasteiger partial charge in [-0.15, -0.1) is 0 Å². The first-order valence-electron chi connectivity index (χ1n) is 4.79. The molecule has 0 aliphatic carbocycles. The summed E-state index contributed by atoms with van der Waals surface area (Å²) in [5.74, 6) is 4.07. The molecule has 2 nitrogen and oxygen atoms in total. The first-order chi connectivity index (χ1) is 7.44. The van der Waals surface area contributed by atoms with Gasteiger partial charge in [0.25, 0.3) is 0 Å². The van der Waals surface area contributed by atoms with Crippen LogP contribution in [-0.4, -0.2) is 21.3 Å². The molecule has 0 fully saturated rings. The van der Waals surface area contributed by atoms with E-state index in [2.05, 4.69) is 26.8 Å². The molecule has 2 rings (SSSR count). The highest BCUT2D eigenvalue weighted by Gasteiger charge is 2.02. The third-order valence-corrected chi connectivity index (χ3v) is 3.56. The predicted molar refractivity (Wildman–Crippen MR) is 74.3 cm³/mol. The fourth-order valence-electron chi connectivity index (χ4n) is 1.53. The van der Waals surface area contributed by atoms with Crippen LogP contribution in [-0.2, 0) is 15.3 Å². The quantitative estimate of drug-likeness (QED) is 0.798. The molecule has 0 radical (unpaired) electrons. The highest BCUT2D eigenvalue weighted by atomic mass is 79.9. The highest BCUT2D eigenvalue weighted by Crippen LogP contribution is 2.19. The second kappa shape index (κ2) is 4.18. The van der Waals surface area contributed by atoms with Crippen LogP contribution in [0.1, 0.15) is 5.69 Å². The summed E-state index contributed by atoms with van der Waals surface area (Å²) in [5.41, 5.74) is 1.75. The third kappa shape index (κ3) is 2.83. The Morgan fingerprint density at radius 3 is 2.81 bits per heavy atom. The molecule has 1 aromatic heterocycles. The average Bonchev–Trinajstić information content (AvgIpc) is 2.16. The molecule has 0 aliphatic rings. The number of aromatic nitrogens is 1. The first kappa shape index (κ1) is 11.6. The summed E-state index contributed by atoms with van der Waals surface area (Å²) >= 11 is 3.42. The third-order valence-electron chi connectivity index (χ3n) is 2.16. The van der Waals surface area contributed by atoms with E-state index in [0.29, 0.717) is 5.75 Å². The first-order valence-corrected chi connectivity index (χ1v) is 7.89. The van der Waals surface area contributed by atoms with Crippen LogP contribution in [0.3, 0.4) is 0 Å². The van der Waals surface area contributed by atoms with Crippen LogP contribution >= 0.6 is 15.9 Å². The average molecular weight is 298 g/mol. The van der Waals surface area contributed by atoms with Crippen molar-refractivity contribution in [3.63, 3.8) is 0 Å². The van der Waals surface area contributed by atoms with E-state index in [4.69, 9.17) is 0 Å². The molecule has 2 aromatic rings. The van der Waals surface area contributed by atoms with Crippen LogP contribution in [0, 0.1) is 0 Å². The van der Waals surface area contributed by atoms with E-state index in [9.17, 15) is 4.21 Å². The van der Waals surface area contributed by atoms with Crippen LogP contribution in [0.4, 0.5) is 0 Å². The molecular weight excluding hydrogens is 286 g/mol. The summed E-state index contributed by atoms with van der Waals surface area (Å²) in [6, 6.07) is 9.81. The number of hydrogen-bond donors (Lipinski definition) is 0. The SMILES string of the molecule is C=S(C)(=O)Cc1ccc2cc(Br)ccc2n1. The molecule has 1 atom stereocenters. The van der Waals surface area contributed by atoms with Gasteiger partial charge in [-0.3, -0.25) is 9.19 Å². The number of halogens is 1. The molecular formula is C12H12BrNOS. The molecule has 0 N–H and O–H groups in total. The van der Waals surface area contributed by atoms with E-state index in [1.807, 2.05) is 30.3 Å². The van der Waals surface area contributed by atoms with Crippen LogP contribution in [0.2, 0.25) is 0 Å². The Bertz CT molecular complexity index is 635. The smallest absolute Gasteiger partial charge is 0.0706 e. The van der Waals surface area contributed by atoms with Crippen molar-refractivity contribution in [3.05, 3.63) is 40.5 Å². The standard InChI is InChI=1S/C12H12BrNOS/c1-16(2,15)8-11-5-3-9-7-10(13)4-6-12(9)14-11/h3-7H,1,8H2,2H3. The van der Waals surface area contributed by atoms with Crippen molar-refractivity contribution in [1.29, 1.82) is 0 Å². The van der Waals surface area contributed by atoms with Gasteiger partial charge in [-0.05, 0) is 39.7 Å². The Labute approximate surface area is 104 Å². The monoisotopic (exact) mass is 297 g/mol.